The van der Waals surface area contributed by atoms with Crippen molar-refractivity contribution >= 4 is 0 Å². The van der Waals surface area contributed by atoms with Gasteiger partial charge in [0.05, 0.1) is 0 Å². The number of hydrogen-bond donors (Lipinski definition) is 0. The summed E-state index contributed by atoms with van der Waals surface area (Å²) in [5.41, 5.74) is 0. The Kier molecular flexibility index (Phi) is 11.3. The minimum absolute atomic E-state index is 0. The summed E-state index contributed by atoms with van der Waals surface area (Å²) in [6.07, 6.45) is 0.461. The average Bonchev–Trinajstić information content (AvgIpc) is 2.06. The van der Waals surface area contributed by atoms with Crippen molar-refractivity contribution in [2.45, 2.75) is 33.2 Å². The van der Waals surface area contributed by atoms with Gasteiger partial charge in [-0.05, 0) is 20.8 Å². The van der Waals surface area contributed by atoms with Gasteiger partial charge in [0.2, 0.25) is 0 Å². The molecule has 0 atom stereocenters. The quantitative estimate of drug-likeness (QED) is 0.375. The third-order valence-corrected chi connectivity index (χ3v) is 1.40. The van der Waals surface area contributed by atoms with Crippen LogP contribution in [0.15, 0.2) is 0 Å². The minimum Gasteiger partial charge on any atom is -0.336 e. The van der Waals surface area contributed by atoms with Crippen molar-refractivity contribution in [3.8, 4) is 0 Å². The molecule has 0 aliphatic rings. The molecule has 0 aliphatic carbocycles. The van der Waals surface area contributed by atoms with Gasteiger partial charge in [0.15, 0.2) is 0 Å². The first-order valence-electron chi connectivity index (χ1n) is 4.45. The van der Waals surface area contributed by atoms with E-state index in [0.29, 0.717) is 26.2 Å². The molecule has 0 aromatic rings. The van der Waals surface area contributed by atoms with E-state index in [9.17, 15) is 0 Å². The van der Waals surface area contributed by atoms with Crippen LogP contribution >= 0.6 is 0 Å². The van der Waals surface area contributed by atoms with Gasteiger partial charge in [-0.15, -0.1) is 0 Å². The van der Waals surface area contributed by atoms with Crippen LogP contribution in [0.5, 0.6) is 0 Å². The second-order valence-corrected chi connectivity index (χ2v) is 2.23. The maximum atomic E-state index is 5.35. The maximum Gasteiger partial charge on any atom is 0.253 e. The van der Waals surface area contributed by atoms with Crippen LogP contribution in [0.3, 0.4) is 0 Å². The number of rotatable bonds is 7. The van der Waals surface area contributed by atoms with Crippen molar-refractivity contribution < 1.29 is 35.9 Å². The van der Waals surface area contributed by atoms with Gasteiger partial charge in [0.1, 0.15) is 0 Å². The van der Waals surface area contributed by atoms with Gasteiger partial charge in [0, 0.05) is 41.5 Å². The van der Waals surface area contributed by atoms with Crippen molar-refractivity contribution in [3.05, 3.63) is 6.92 Å². The van der Waals surface area contributed by atoms with Crippen molar-refractivity contribution in [1.82, 2.24) is 0 Å². The van der Waals surface area contributed by atoms with E-state index in [0.717, 1.165) is 0 Å². The molecular weight excluding hydrogens is 204 g/mol. The number of ether oxygens (including phenoxy) is 3. The summed E-state index contributed by atoms with van der Waals surface area (Å²) >= 11 is 0. The fraction of sp³-hybridized carbons (Fsp3) is 0.889. The standard InChI is InChI=1S/C9H19O3.Ti/c1-5-9(10-6-2,11-7-3)12-8-4;/h1,5-8H2,2-4H3;/q-1;. The molecule has 0 aromatic heterocycles. The van der Waals surface area contributed by atoms with Crippen LogP contribution in [0.4, 0.5) is 0 Å². The van der Waals surface area contributed by atoms with E-state index in [1.807, 2.05) is 20.8 Å². The summed E-state index contributed by atoms with van der Waals surface area (Å²) in [5.74, 6) is -0.918. The van der Waals surface area contributed by atoms with E-state index in [1.54, 1.807) is 0 Å². The average molecular weight is 223 g/mol. The predicted molar refractivity (Wildman–Crippen MR) is 47.6 cm³/mol. The summed E-state index contributed by atoms with van der Waals surface area (Å²) in [6.45, 7) is 11.1. The molecule has 0 saturated carbocycles. The van der Waals surface area contributed by atoms with E-state index >= 15 is 0 Å². The van der Waals surface area contributed by atoms with Crippen molar-refractivity contribution in [2.75, 3.05) is 19.8 Å². The minimum atomic E-state index is -0.918. The molecule has 0 saturated heterocycles. The van der Waals surface area contributed by atoms with E-state index in [1.165, 1.54) is 0 Å². The molecule has 0 fully saturated rings. The van der Waals surface area contributed by atoms with Crippen LogP contribution in [0.25, 0.3) is 0 Å². The van der Waals surface area contributed by atoms with Crippen LogP contribution in [-0.4, -0.2) is 25.8 Å². The molecule has 0 bridgehead atoms. The Bertz CT molecular complexity index is 92.0. The zero-order valence-electron chi connectivity index (χ0n) is 8.76. The van der Waals surface area contributed by atoms with Gasteiger partial charge in [-0.2, -0.15) is 0 Å². The fourth-order valence-electron chi connectivity index (χ4n) is 1.00. The van der Waals surface area contributed by atoms with Crippen LogP contribution in [0.2, 0.25) is 0 Å². The second kappa shape index (κ2) is 9.16. The zero-order chi connectivity index (χ0) is 9.45. The normalized spacial score (nSPS) is 11.1. The van der Waals surface area contributed by atoms with Crippen LogP contribution < -0.4 is 0 Å². The largest absolute Gasteiger partial charge is 0.336 e. The van der Waals surface area contributed by atoms with Gasteiger partial charge >= 0.3 is 0 Å². The van der Waals surface area contributed by atoms with Crippen molar-refractivity contribution in [2.24, 2.45) is 0 Å². The molecule has 4 heteroatoms. The van der Waals surface area contributed by atoms with E-state index in [-0.39, 0.29) is 21.7 Å². The molecule has 0 heterocycles. The van der Waals surface area contributed by atoms with Crippen LogP contribution in [0, 0.1) is 6.92 Å². The first-order chi connectivity index (χ1) is 5.74. The molecule has 78 valence electrons. The molecule has 13 heavy (non-hydrogen) atoms. The summed E-state index contributed by atoms with van der Waals surface area (Å²) in [5, 5.41) is 0. The van der Waals surface area contributed by atoms with Crippen LogP contribution in [-0.2, 0) is 35.9 Å². The topological polar surface area (TPSA) is 27.7 Å². The Morgan fingerprint density at radius 2 is 1.23 bits per heavy atom. The van der Waals surface area contributed by atoms with Gasteiger partial charge in [-0.3, -0.25) is 0 Å². The SMILES string of the molecule is [CH2-]CC(OCC)(OCC)OCC.[Ti]. The van der Waals surface area contributed by atoms with Crippen molar-refractivity contribution in [1.29, 1.82) is 0 Å². The predicted octanol–water partition coefficient (Wildman–Crippen LogP) is 1.97. The Morgan fingerprint density at radius 3 is 1.38 bits per heavy atom. The van der Waals surface area contributed by atoms with E-state index < -0.39 is 5.97 Å². The Hall–Kier alpha value is 0.594. The monoisotopic (exact) mass is 223 g/mol. The molecule has 0 spiro atoms. The maximum absolute atomic E-state index is 5.35. The smallest absolute Gasteiger partial charge is 0.253 e. The van der Waals surface area contributed by atoms with Gasteiger partial charge in [0.25, 0.3) is 5.97 Å². The zero-order valence-corrected chi connectivity index (χ0v) is 10.3. The molecule has 3 nitrogen and oxygen atoms in total. The molecule has 0 amide bonds. The fourth-order valence-corrected chi connectivity index (χ4v) is 1.00. The summed E-state index contributed by atoms with van der Waals surface area (Å²) < 4.78 is 16.1. The summed E-state index contributed by atoms with van der Waals surface area (Å²) in [7, 11) is 0. The number of hydrogen-bond acceptors (Lipinski definition) is 3. The van der Waals surface area contributed by atoms with Gasteiger partial charge < -0.3 is 21.1 Å². The third kappa shape index (κ3) is 5.81. The van der Waals surface area contributed by atoms with E-state index in [2.05, 4.69) is 6.92 Å². The first-order valence-corrected chi connectivity index (χ1v) is 4.45. The van der Waals surface area contributed by atoms with E-state index in [4.69, 9.17) is 14.2 Å². The third-order valence-electron chi connectivity index (χ3n) is 1.40. The Balaban J connectivity index is 0. The summed E-state index contributed by atoms with van der Waals surface area (Å²) in [6, 6.07) is 0. The molecule has 0 unspecified atom stereocenters. The molecule has 0 radical (unpaired) electrons. The van der Waals surface area contributed by atoms with Gasteiger partial charge in [-0.25, -0.2) is 0 Å². The van der Waals surface area contributed by atoms with Gasteiger partial charge in [-0.1, -0.05) is 6.42 Å². The van der Waals surface area contributed by atoms with Crippen molar-refractivity contribution in [3.63, 3.8) is 0 Å². The Morgan fingerprint density at radius 1 is 0.923 bits per heavy atom. The molecule has 0 rings (SSSR count). The Labute approximate surface area is 96.0 Å². The molecule has 0 N–H and O–H groups in total. The summed E-state index contributed by atoms with van der Waals surface area (Å²) in [4.78, 5) is 0. The van der Waals surface area contributed by atoms with Crippen LogP contribution in [0.1, 0.15) is 27.2 Å². The second-order valence-electron chi connectivity index (χ2n) is 2.23. The molecule has 0 aliphatic heterocycles. The first kappa shape index (κ1) is 16.0. The molecule has 0 aromatic carbocycles. The molecular formula is C9H19O3Ti-.